The van der Waals surface area contributed by atoms with E-state index in [4.69, 9.17) is 11.5 Å². The number of carbonyl (C=O) groups is 4. The molecule has 0 aliphatic carbocycles. The maximum atomic E-state index is 13.0. The van der Waals surface area contributed by atoms with E-state index < -0.39 is 54.0 Å². The van der Waals surface area contributed by atoms with Crippen molar-refractivity contribution in [3.05, 3.63) is 0 Å². The number of rotatable bonds is 14. The van der Waals surface area contributed by atoms with Crippen LogP contribution in [0.5, 0.6) is 0 Å². The van der Waals surface area contributed by atoms with Gasteiger partial charge in [0.05, 0.1) is 12.1 Å². The van der Waals surface area contributed by atoms with Crippen molar-refractivity contribution in [1.82, 2.24) is 15.5 Å². The van der Waals surface area contributed by atoms with Crippen LogP contribution in [0.3, 0.4) is 0 Å². The molecule has 1 aliphatic heterocycles. The molecular formula is C20H37N5O6S. The number of aliphatic hydroxyl groups excluding tert-OH is 1. The molecule has 184 valence electrons. The van der Waals surface area contributed by atoms with Gasteiger partial charge in [-0.05, 0) is 64.0 Å². The van der Waals surface area contributed by atoms with Gasteiger partial charge in [-0.25, -0.2) is 4.79 Å². The van der Waals surface area contributed by atoms with Gasteiger partial charge in [-0.3, -0.25) is 14.4 Å². The summed E-state index contributed by atoms with van der Waals surface area (Å²) in [5.41, 5.74) is 11.4. The number of aliphatic carboxylic acids is 1. The lowest BCUT2D eigenvalue weighted by Crippen LogP contribution is -2.59. The van der Waals surface area contributed by atoms with E-state index in [0.29, 0.717) is 44.4 Å². The number of nitrogens with two attached hydrogens (primary N) is 2. The fourth-order valence-electron chi connectivity index (χ4n) is 3.52. The van der Waals surface area contributed by atoms with Crippen LogP contribution in [0, 0.1) is 0 Å². The van der Waals surface area contributed by atoms with Crippen LogP contribution in [0.15, 0.2) is 0 Å². The fourth-order valence-corrected chi connectivity index (χ4v) is 4.01. The van der Waals surface area contributed by atoms with Crippen molar-refractivity contribution >= 4 is 35.5 Å². The Bertz CT molecular complexity index is 650. The van der Waals surface area contributed by atoms with Gasteiger partial charge in [0, 0.05) is 6.54 Å². The quantitative estimate of drug-likeness (QED) is 0.165. The molecule has 1 aliphatic rings. The monoisotopic (exact) mass is 475 g/mol. The van der Waals surface area contributed by atoms with Crippen LogP contribution in [0.25, 0.3) is 0 Å². The summed E-state index contributed by atoms with van der Waals surface area (Å²) in [5, 5.41) is 24.6. The maximum absolute atomic E-state index is 13.0. The molecule has 3 amide bonds. The number of thioether (sulfide) groups is 1. The van der Waals surface area contributed by atoms with E-state index in [1.807, 2.05) is 6.26 Å². The number of aliphatic hydroxyl groups is 1. The molecule has 1 fully saturated rings. The molecule has 1 heterocycles. The lowest BCUT2D eigenvalue weighted by Gasteiger charge is -2.30. The predicted molar refractivity (Wildman–Crippen MR) is 122 cm³/mol. The highest BCUT2D eigenvalue weighted by molar-refractivity contribution is 7.98. The Hall–Kier alpha value is -1.89. The largest absolute Gasteiger partial charge is 0.480 e. The highest BCUT2D eigenvalue weighted by Gasteiger charge is 2.40. The highest BCUT2D eigenvalue weighted by atomic mass is 32.2. The number of hydrogen-bond donors (Lipinski definition) is 6. The number of carboxylic acid groups (broad SMARTS) is 1. The van der Waals surface area contributed by atoms with Gasteiger partial charge in [-0.2, -0.15) is 11.8 Å². The van der Waals surface area contributed by atoms with Gasteiger partial charge < -0.3 is 37.2 Å². The van der Waals surface area contributed by atoms with Crippen molar-refractivity contribution in [2.24, 2.45) is 11.5 Å². The first kappa shape index (κ1) is 28.1. The second kappa shape index (κ2) is 14.3. The van der Waals surface area contributed by atoms with E-state index in [0.717, 1.165) is 0 Å². The van der Waals surface area contributed by atoms with Gasteiger partial charge in [0.25, 0.3) is 0 Å². The first-order valence-electron chi connectivity index (χ1n) is 10.9. The lowest BCUT2D eigenvalue weighted by atomic mass is 10.1. The average Bonchev–Trinajstić information content (AvgIpc) is 3.24. The second-order valence-corrected chi connectivity index (χ2v) is 8.97. The zero-order valence-corrected chi connectivity index (χ0v) is 19.6. The molecule has 0 spiro atoms. The molecule has 5 atom stereocenters. The normalized spacial score (nSPS) is 19.7. The first-order valence-corrected chi connectivity index (χ1v) is 12.3. The van der Waals surface area contributed by atoms with E-state index >= 15 is 0 Å². The Morgan fingerprint density at radius 3 is 2.41 bits per heavy atom. The third-order valence-electron chi connectivity index (χ3n) is 5.42. The van der Waals surface area contributed by atoms with Gasteiger partial charge in [0.15, 0.2) is 0 Å². The van der Waals surface area contributed by atoms with Crippen molar-refractivity contribution in [2.75, 3.05) is 25.1 Å². The number of nitrogens with zero attached hydrogens (tertiary/aromatic N) is 1. The summed E-state index contributed by atoms with van der Waals surface area (Å²) in [6.45, 7) is 2.00. The summed E-state index contributed by atoms with van der Waals surface area (Å²) in [6.07, 6.45) is 3.42. The number of carboxylic acids is 1. The number of unbranched alkanes of at least 4 members (excludes halogenated alkanes) is 1. The molecule has 11 nitrogen and oxygen atoms in total. The molecule has 0 aromatic carbocycles. The van der Waals surface area contributed by atoms with Gasteiger partial charge in [0.1, 0.15) is 18.1 Å². The standard InChI is InChI=1S/C20H37N5O6S/c1-12(26)16(19(29)25-10-5-7-15(25)20(30)31)24-18(28)14(6-3-4-9-21)23-17(27)13(22)8-11-32-2/h12-16,26H,3-11,21-22H2,1-2H3,(H,23,27)(H,24,28)(H,30,31). The smallest absolute Gasteiger partial charge is 0.326 e. The third-order valence-corrected chi connectivity index (χ3v) is 6.06. The summed E-state index contributed by atoms with van der Waals surface area (Å²) >= 11 is 1.55. The second-order valence-electron chi connectivity index (χ2n) is 7.99. The van der Waals surface area contributed by atoms with Crippen LogP contribution in [-0.2, 0) is 19.2 Å². The molecule has 5 unspecified atom stereocenters. The van der Waals surface area contributed by atoms with Crippen molar-refractivity contribution in [3.63, 3.8) is 0 Å². The molecule has 0 aromatic heterocycles. The van der Waals surface area contributed by atoms with E-state index in [1.54, 1.807) is 11.8 Å². The Labute approximate surface area is 193 Å². The zero-order chi connectivity index (χ0) is 24.3. The Morgan fingerprint density at radius 2 is 1.84 bits per heavy atom. The van der Waals surface area contributed by atoms with Crippen LogP contribution in [0.2, 0.25) is 0 Å². The summed E-state index contributed by atoms with van der Waals surface area (Å²) in [6, 6.07) is -4.06. The minimum atomic E-state index is -1.33. The lowest BCUT2D eigenvalue weighted by molar-refractivity contribution is -0.150. The van der Waals surface area contributed by atoms with Gasteiger partial charge in [-0.15, -0.1) is 0 Å². The molecule has 1 rings (SSSR count). The Kier molecular flexibility index (Phi) is 12.6. The van der Waals surface area contributed by atoms with Crippen molar-refractivity contribution in [2.45, 2.75) is 75.7 Å². The minimum Gasteiger partial charge on any atom is -0.480 e. The zero-order valence-electron chi connectivity index (χ0n) is 18.8. The summed E-state index contributed by atoms with van der Waals surface area (Å²) in [4.78, 5) is 50.9. The highest BCUT2D eigenvalue weighted by Crippen LogP contribution is 2.19. The van der Waals surface area contributed by atoms with Crippen LogP contribution in [0.4, 0.5) is 0 Å². The van der Waals surface area contributed by atoms with E-state index in [2.05, 4.69) is 10.6 Å². The molecule has 0 saturated carbocycles. The van der Waals surface area contributed by atoms with E-state index in [-0.39, 0.29) is 13.0 Å². The SMILES string of the molecule is CSCCC(N)C(=O)NC(CCCCN)C(=O)NC(C(=O)N1CCCC1C(=O)O)C(C)O. The Balaban J connectivity index is 2.91. The fraction of sp³-hybridized carbons (Fsp3) is 0.800. The number of likely N-dealkylation sites (tertiary alicyclic amines) is 1. The van der Waals surface area contributed by atoms with Crippen LogP contribution >= 0.6 is 11.8 Å². The molecule has 12 heteroatoms. The van der Waals surface area contributed by atoms with Gasteiger partial charge >= 0.3 is 5.97 Å². The molecular weight excluding hydrogens is 438 g/mol. The summed E-state index contributed by atoms with van der Waals surface area (Å²) < 4.78 is 0. The number of amides is 3. The van der Waals surface area contributed by atoms with Crippen molar-refractivity contribution in [1.29, 1.82) is 0 Å². The predicted octanol–water partition coefficient (Wildman–Crippen LogP) is -1.38. The molecule has 32 heavy (non-hydrogen) atoms. The van der Waals surface area contributed by atoms with Crippen LogP contribution < -0.4 is 22.1 Å². The maximum Gasteiger partial charge on any atom is 0.326 e. The number of hydrogen-bond acceptors (Lipinski definition) is 8. The molecule has 0 radical (unpaired) electrons. The van der Waals surface area contributed by atoms with Gasteiger partial charge in [-0.1, -0.05) is 0 Å². The van der Waals surface area contributed by atoms with E-state index in [9.17, 15) is 29.4 Å². The van der Waals surface area contributed by atoms with Gasteiger partial charge in [0.2, 0.25) is 17.7 Å². The summed E-state index contributed by atoms with van der Waals surface area (Å²) in [5.74, 6) is -2.22. The number of carbonyl (C=O) groups excluding carboxylic acids is 3. The van der Waals surface area contributed by atoms with Crippen LogP contribution in [0.1, 0.15) is 45.4 Å². The number of nitrogens with one attached hydrogen (secondary N) is 2. The molecule has 1 saturated heterocycles. The first-order chi connectivity index (χ1) is 15.1. The minimum absolute atomic E-state index is 0.232. The van der Waals surface area contributed by atoms with E-state index in [1.165, 1.54) is 11.8 Å². The Morgan fingerprint density at radius 1 is 1.16 bits per heavy atom. The average molecular weight is 476 g/mol. The molecule has 8 N–H and O–H groups in total. The third kappa shape index (κ3) is 8.57. The topological polar surface area (TPSA) is 188 Å². The van der Waals surface area contributed by atoms with Crippen molar-refractivity contribution < 1.29 is 29.4 Å². The van der Waals surface area contributed by atoms with Crippen molar-refractivity contribution in [3.8, 4) is 0 Å². The van der Waals surface area contributed by atoms with Crippen LogP contribution in [-0.4, -0.2) is 94.2 Å². The molecule has 0 bridgehead atoms. The molecule has 0 aromatic rings. The summed E-state index contributed by atoms with van der Waals surface area (Å²) in [7, 11) is 0.